The number of anilines is 1. The molecule has 2 heterocycles. The van der Waals surface area contributed by atoms with Gasteiger partial charge in [-0.3, -0.25) is 9.59 Å². The molecular formula is C13H12N4O3. The van der Waals surface area contributed by atoms with Gasteiger partial charge in [0, 0.05) is 31.5 Å². The van der Waals surface area contributed by atoms with E-state index in [2.05, 4.69) is 20.8 Å². The molecule has 102 valence electrons. The minimum absolute atomic E-state index is 0.180. The van der Waals surface area contributed by atoms with Crippen molar-refractivity contribution in [2.24, 2.45) is 5.10 Å². The Bertz CT molecular complexity index is 732. The monoisotopic (exact) mass is 272 g/mol. The zero-order valence-electron chi connectivity index (χ0n) is 10.8. The molecule has 2 amide bonds. The highest BCUT2D eigenvalue weighted by atomic mass is 16.3. The Hall–Kier alpha value is -2.70. The fraction of sp³-hybridized carbons (Fsp3) is 0.231. The Kier molecular flexibility index (Phi) is 2.94. The lowest BCUT2D eigenvalue weighted by Gasteiger charge is -2.11. The van der Waals surface area contributed by atoms with Gasteiger partial charge >= 0.3 is 0 Å². The molecule has 0 aliphatic carbocycles. The van der Waals surface area contributed by atoms with Gasteiger partial charge < -0.3 is 9.73 Å². The zero-order chi connectivity index (χ0) is 14.1. The van der Waals surface area contributed by atoms with E-state index in [0.717, 1.165) is 5.52 Å². The summed E-state index contributed by atoms with van der Waals surface area (Å²) in [5, 5.41) is 6.46. The van der Waals surface area contributed by atoms with Crippen molar-refractivity contribution in [3.05, 3.63) is 24.1 Å². The maximum Gasteiger partial charge on any atom is 0.271 e. The molecule has 1 aliphatic rings. The molecule has 1 aliphatic heterocycles. The summed E-state index contributed by atoms with van der Waals surface area (Å²) in [5.74, 6) is 0.0588. The molecule has 2 N–H and O–H groups in total. The second kappa shape index (κ2) is 4.76. The number of hydrazone groups is 1. The third-order valence-corrected chi connectivity index (χ3v) is 2.92. The van der Waals surface area contributed by atoms with Crippen LogP contribution >= 0.6 is 0 Å². The van der Waals surface area contributed by atoms with E-state index in [0.29, 0.717) is 29.3 Å². The summed E-state index contributed by atoms with van der Waals surface area (Å²) in [6.07, 6.45) is 0.605. The van der Waals surface area contributed by atoms with Gasteiger partial charge in [-0.05, 0) is 12.1 Å². The molecule has 1 aromatic heterocycles. The molecule has 3 rings (SSSR count). The number of fused-ring (bicyclic) bond motifs is 1. The van der Waals surface area contributed by atoms with E-state index in [-0.39, 0.29) is 18.2 Å². The van der Waals surface area contributed by atoms with Crippen LogP contribution < -0.4 is 10.7 Å². The highest BCUT2D eigenvalue weighted by molar-refractivity contribution is 6.43. The molecule has 0 radical (unpaired) electrons. The highest BCUT2D eigenvalue weighted by Gasteiger charge is 2.18. The quantitative estimate of drug-likeness (QED) is 0.862. The van der Waals surface area contributed by atoms with Gasteiger partial charge in [-0.2, -0.15) is 5.10 Å². The van der Waals surface area contributed by atoms with Crippen LogP contribution in [0.15, 0.2) is 27.7 Å². The maximum atomic E-state index is 12.0. The lowest BCUT2D eigenvalue weighted by atomic mass is 10.1. The van der Waals surface area contributed by atoms with Crippen LogP contribution in [-0.2, 0) is 9.59 Å². The van der Waals surface area contributed by atoms with Crippen LogP contribution in [0.1, 0.15) is 18.7 Å². The highest BCUT2D eigenvalue weighted by Crippen LogP contribution is 2.20. The van der Waals surface area contributed by atoms with Crippen molar-refractivity contribution in [2.45, 2.75) is 19.8 Å². The molecule has 1 aromatic carbocycles. The first-order valence-corrected chi connectivity index (χ1v) is 6.16. The first-order chi connectivity index (χ1) is 9.61. The Morgan fingerprint density at radius 3 is 3.00 bits per heavy atom. The molecule has 0 saturated carbocycles. The van der Waals surface area contributed by atoms with Gasteiger partial charge in [0.25, 0.3) is 5.91 Å². The smallest absolute Gasteiger partial charge is 0.271 e. The van der Waals surface area contributed by atoms with E-state index in [1.54, 1.807) is 25.1 Å². The van der Waals surface area contributed by atoms with E-state index in [4.69, 9.17) is 4.42 Å². The van der Waals surface area contributed by atoms with Crippen molar-refractivity contribution >= 4 is 34.3 Å². The average Bonchev–Trinajstić information content (AvgIpc) is 2.78. The van der Waals surface area contributed by atoms with Crippen LogP contribution in [-0.4, -0.2) is 22.5 Å². The predicted octanol–water partition coefficient (Wildman–Crippen LogP) is 1.34. The van der Waals surface area contributed by atoms with Gasteiger partial charge in [-0.15, -0.1) is 0 Å². The van der Waals surface area contributed by atoms with E-state index < -0.39 is 0 Å². The molecule has 0 unspecified atom stereocenters. The third-order valence-electron chi connectivity index (χ3n) is 2.92. The fourth-order valence-corrected chi connectivity index (χ4v) is 1.96. The summed E-state index contributed by atoms with van der Waals surface area (Å²) in [4.78, 5) is 27.1. The SMILES string of the molecule is Cc1nc2ccc(NC(=O)C3=NNC(=O)CC3)cc2o1. The number of aromatic nitrogens is 1. The Morgan fingerprint density at radius 2 is 2.25 bits per heavy atom. The summed E-state index contributed by atoms with van der Waals surface area (Å²) >= 11 is 0. The second-order valence-corrected chi connectivity index (χ2v) is 4.46. The molecule has 0 spiro atoms. The van der Waals surface area contributed by atoms with Crippen molar-refractivity contribution in [3.8, 4) is 0 Å². The zero-order valence-corrected chi connectivity index (χ0v) is 10.8. The number of benzene rings is 1. The molecular weight excluding hydrogens is 260 g/mol. The lowest BCUT2D eigenvalue weighted by molar-refractivity contribution is -0.121. The molecule has 0 bridgehead atoms. The number of hydrogen-bond acceptors (Lipinski definition) is 5. The number of rotatable bonds is 2. The minimum atomic E-state index is -0.333. The first-order valence-electron chi connectivity index (χ1n) is 6.16. The average molecular weight is 272 g/mol. The number of carbonyl (C=O) groups is 2. The fourth-order valence-electron chi connectivity index (χ4n) is 1.96. The van der Waals surface area contributed by atoms with Gasteiger partial charge in [0.1, 0.15) is 11.2 Å². The number of nitrogens with one attached hydrogen (secondary N) is 2. The van der Waals surface area contributed by atoms with E-state index in [1.165, 1.54) is 0 Å². The van der Waals surface area contributed by atoms with Crippen LogP contribution in [0.3, 0.4) is 0 Å². The van der Waals surface area contributed by atoms with Gasteiger partial charge in [0.05, 0.1) is 0 Å². The number of aryl methyl sites for hydroxylation is 1. The number of nitrogens with zero attached hydrogens (tertiary/aromatic N) is 2. The van der Waals surface area contributed by atoms with E-state index >= 15 is 0 Å². The topological polar surface area (TPSA) is 96.6 Å². The number of carbonyl (C=O) groups excluding carboxylic acids is 2. The van der Waals surface area contributed by atoms with Crippen LogP contribution in [0.25, 0.3) is 11.1 Å². The molecule has 0 atom stereocenters. The number of oxazole rings is 1. The normalized spacial score (nSPS) is 14.8. The number of hydrogen-bond donors (Lipinski definition) is 2. The molecule has 20 heavy (non-hydrogen) atoms. The van der Waals surface area contributed by atoms with Crippen LogP contribution in [0.2, 0.25) is 0 Å². The largest absolute Gasteiger partial charge is 0.441 e. The van der Waals surface area contributed by atoms with Crippen LogP contribution in [0.4, 0.5) is 5.69 Å². The summed E-state index contributed by atoms with van der Waals surface area (Å²) in [6, 6.07) is 5.21. The maximum absolute atomic E-state index is 12.0. The lowest BCUT2D eigenvalue weighted by Crippen LogP contribution is -2.32. The van der Waals surface area contributed by atoms with Crippen molar-refractivity contribution in [2.75, 3.05) is 5.32 Å². The summed E-state index contributed by atoms with van der Waals surface area (Å²) < 4.78 is 5.40. The third kappa shape index (κ3) is 2.37. The predicted molar refractivity (Wildman–Crippen MR) is 72.2 cm³/mol. The Balaban J connectivity index is 1.78. The van der Waals surface area contributed by atoms with Gasteiger partial charge in [0.15, 0.2) is 11.5 Å². The molecule has 0 fully saturated rings. The van der Waals surface area contributed by atoms with Gasteiger partial charge in [-0.1, -0.05) is 0 Å². The van der Waals surface area contributed by atoms with Gasteiger partial charge in [0.2, 0.25) is 5.91 Å². The summed E-state index contributed by atoms with van der Waals surface area (Å²) in [7, 11) is 0. The Morgan fingerprint density at radius 1 is 1.40 bits per heavy atom. The standard InChI is InChI=1S/C13H12N4O3/c1-7-14-9-3-2-8(6-11(9)20-7)15-13(19)10-4-5-12(18)17-16-10/h2-3,6H,4-5H2,1H3,(H,15,19)(H,17,18). The van der Waals surface area contributed by atoms with Gasteiger partial charge in [-0.25, -0.2) is 10.4 Å². The second-order valence-electron chi connectivity index (χ2n) is 4.46. The minimum Gasteiger partial charge on any atom is -0.441 e. The van der Waals surface area contributed by atoms with Crippen LogP contribution in [0.5, 0.6) is 0 Å². The van der Waals surface area contributed by atoms with Crippen molar-refractivity contribution in [1.82, 2.24) is 10.4 Å². The summed E-state index contributed by atoms with van der Waals surface area (Å²) in [5.41, 5.74) is 4.54. The molecule has 0 saturated heterocycles. The molecule has 7 heteroatoms. The Labute approximate surface area is 114 Å². The van der Waals surface area contributed by atoms with Crippen LogP contribution in [0, 0.1) is 6.92 Å². The van der Waals surface area contributed by atoms with Crippen molar-refractivity contribution in [3.63, 3.8) is 0 Å². The van der Waals surface area contributed by atoms with E-state index in [9.17, 15) is 9.59 Å². The first kappa shape index (κ1) is 12.3. The van der Waals surface area contributed by atoms with Crippen molar-refractivity contribution < 1.29 is 14.0 Å². The van der Waals surface area contributed by atoms with Crippen molar-refractivity contribution in [1.29, 1.82) is 0 Å². The number of amides is 2. The van der Waals surface area contributed by atoms with E-state index in [1.807, 2.05) is 0 Å². The summed E-state index contributed by atoms with van der Waals surface area (Å²) in [6.45, 7) is 1.76. The molecule has 7 nitrogen and oxygen atoms in total. The molecule has 2 aromatic rings.